The largest absolute Gasteiger partial charge is 0.467 e. The molecule has 0 aromatic heterocycles. The normalized spacial score (nSPS) is 11.4. The molecule has 7 heteroatoms. The lowest BCUT2D eigenvalue weighted by molar-refractivity contribution is 0.0505. The van der Waals surface area contributed by atoms with Crippen molar-refractivity contribution in [2.75, 3.05) is 20.2 Å². The number of methoxy groups -OCH3 is 1. The SMILES string of the molecule is COCOc1ccc(Cc2c(C)cc(OS(C)(=O)=O)cc2C)cc1Cc1ccc(F)cc1. The molecule has 0 saturated carbocycles. The number of ether oxygens (including phenoxy) is 2. The molecular formula is C25H27FO5S. The second kappa shape index (κ2) is 10.1. The first-order chi connectivity index (χ1) is 15.1. The monoisotopic (exact) mass is 458 g/mol. The number of hydrogen-bond acceptors (Lipinski definition) is 5. The van der Waals surface area contributed by atoms with Crippen LogP contribution in [0.4, 0.5) is 4.39 Å². The van der Waals surface area contributed by atoms with Crippen LogP contribution in [0.1, 0.15) is 33.4 Å². The Kier molecular flexibility index (Phi) is 7.53. The molecule has 0 unspecified atom stereocenters. The van der Waals surface area contributed by atoms with Gasteiger partial charge in [-0.25, -0.2) is 4.39 Å². The van der Waals surface area contributed by atoms with Crippen molar-refractivity contribution < 1.29 is 26.5 Å². The molecule has 0 N–H and O–H groups in total. The quantitative estimate of drug-likeness (QED) is 0.336. The van der Waals surface area contributed by atoms with E-state index in [-0.39, 0.29) is 12.6 Å². The smallest absolute Gasteiger partial charge is 0.306 e. The molecule has 3 aromatic carbocycles. The van der Waals surface area contributed by atoms with Crippen LogP contribution in [0.15, 0.2) is 54.6 Å². The summed E-state index contributed by atoms with van der Waals surface area (Å²) in [6, 6.07) is 15.9. The van der Waals surface area contributed by atoms with Gasteiger partial charge >= 0.3 is 10.1 Å². The van der Waals surface area contributed by atoms with Gasteiger partial charge in [0.2, 0.25) is 0 Å². The molecule has 170 valence electrons. The van der Waals surface area contributed by atoms with Crippen molar-refractivity contribution in [2.24, 2.45) is 0 Å². The molecule has 0 aliphatic carbocycles. The topological polar surface area (TPSA) is 61.8 Å². The van der Waals surface area contributed by atoms with Gasteiger partial charge in [-0.3, -0.25) is 0 Å². The van der Waals surface area contributed by atoms with Crippen LogP contribution in [0, 0.1) is 19.7 Å². The lowest BCUT2D eigenvalue weighted by atomic mass is 9.93. The van der Waals surface area contributed by atoms with E-state index >= 15 is 0 Å². The summed E-state index contributed by atoms with van der Waals surface area (Å²) in [7, 11) is -2.01. The average Bonchev–Trinajstić information content (AvgIpc) is 2.70. The summed E-state index contributed by atoms with van der Waals surface area (Å²) in [5, 5.41) is 0. The van der Waals surface area contributed by atoms with Crippen LogP contribution in [-0.4, -0.2) is 28.6 Å². The highest BCUT2D eigenvalue weighted by Crippen LogP contribution is 2.28. The van der Waals surface area contributed by atoms with E-state index in [4.69, 9.17) is 13.7 Å². The Bertz CT molecular complexity index is 1160. The summed E-state index contributed by atoms with van der Waals surface area (Å²) in [4.78, 5) is 0. The van der Waals surface area contributed by atoms with Crippen LogP contribution >= 0.6 is 0 Å². The molecule has 5 nitrogen and oxygen atoms in total. The third-order valence-corrected chi connectivity index (χ3v) is 5.56. The van der Waals surface area contributed by atoms with Crippen LogP contribution in [-0.2, 0) is 27.7 Å². The van der Waals surface area contributed by atoms with E-state index in [1.807, 2.05) is 26.0 Å². The zero-order valence-electron chi connectivity index (χ0n) is 18.6. The second-order valence-corrected chi connectivity index (χ2v) is 9.37. The second-order valence-electron chi connectivity index (χ2n) is 7.80. The van der Waals surface area contributed by atoms with Gasteiger partial charge in [0, 0.05) is 13.5 Å². The number of aryl methyl sites for hydroxylation is 2. The van der Waals surface area contributed by atoms with Gasteiger partial charge in [-0.15, -0.1) is 0 Å². The van der Waals surface area contributed by atoms with Crippen molar-refractivity contribution in [1.29, 1.82) is 0 Å². The van der Waals surface area contributed by atoms with E-state index < -0.39 is 10.1 Å². The molecular weight excluding hydrogens is 431 g/mol. The molecule has 0 spiro atoms. The number of rotatable bonds is 9. The Morgan fingerprint density at radius 2 is 1.50 bits per heavy atom. The molecule has 0 saturated heterocycles. The first-order valence-electron chi connectivity index (χ1n) is 10.1. The summed E-state index contributed by atoms with van der Waals surface area (Å²) in [6.07, 6.45) is 2.28. The van der Waals surface area contributed by atoms with Crippen LogP contribution in [0.25, 0.3) is 0 Å². The predicted molar refractivity (Wildman–Crippen MR) is 122 cm³/mol. The van der Waals surface area contributed by atoms with Crippen molar-refractivity contribution in [3.05, 3.63) is 93.8 Å². The maximum Gasteiger partial charge on any atom is 0.306 e. The van der Waals surface area contributed by atoms with Gasteiger partial charge in [-0.1, -0.05) is 24.3 Å². The molecule has 32 heavy (non-hydrogen) atoms. The predicted octanol–water partition coefficient (Wildman–Crippen LogP) is 4.95. The van der Waals surface area contributed by atoms with E-state index in [2.05, 4.69) is 6.07 Å². The lowest BCUT2D eigenvalue weighted by Gasteiger charge is -2.16. The molecule has 3 rings (SSSR count). The molecule has 3 aromatic rings. The van der Waals surface area contributed by atoms with Crippen molar-refractivity contribution in [3.8, 4) is 11.5 Å². The standard InChI is InChI=1S/C25H27FO5S/c1-17-11-23(31-32(4,27)28)12-18(2)24(17)15-20-7-10-25(30-16-29-3)21(14-20)13-19-5-8-22(26)9-6-19/h5-12,14H,13,15-16H2,1-4H3. The molecule has 0 aliphatic heterocycles. The maximum absolute atomic E-state index is 13.3. The Morgan fingerprint density at radius 1 is 0.875 bits per heavy atom. The fraction of sp³-hybridized carbons (Fsp3) is 0.280. The highest BCUT2D eigenvalue weighted by Gasteiger charge is 2.13. The molecule has 0 fully saturated rings. The van der Waals surface area contributed by atoms with Crippen LogP contribution in [0.5, 0.6) is 11.5 Å². The summed E-state index contributed by atoms with van der Waals surface area (Å²) >= 11 is 0. The van der Waals surface area contributed by atoms with Gasteiger partial charge in [0.1, 0.15) is 17.3 Å². The maximum atomic E-state index is 13.3. The fourth-order valence-electron chi connectivity index (χ4n) is 3.63. The molecule has 0 bridgehead atoms. The Labute approximate surface area is 188 Å². The molecule has 0 heterocycles. The Morgan fingerprint density at radius 3 is 2.09 bits per heavy atom. The molecule has 0 amide bonds. The highest BCUT2D eigenvalue weighted by atomic mass is 32.2. The summed E-state index contributed by atoms with van der Waals surface area (Å²) < 4.78 is 52.0. The summed E-state index contributed by atoms with van der Waals surface area (Å²) in [6.45, 7) is 4.01. The fourth-order valence-corrected chi connectivity index (χ4v) is 4.07. The van der Waals surface area contributed by atoms with Crippen molar-refractivity contribution in [3.63, 3.8) is 0 Å². The minimum atomic E-state index is -3.58. The number of halogens is 1. The lowest BCUT2D eigenvalue weighted by Crippen LogP contribution is -2.07. The third-order valence-electron chi connectivity index (χ3n) is 5.06. The zero-order chi connectivity index (χ0) is 23.3. The van der Waals surface area contributed by atoms with E-state index in [0.29, 0.717) is 24.3 Å². The summed E-state index contributed by atoms with van der Waals surface area (Å²) in [5.41, 5.74) is 6.02. The van der Waals surface area contributed by atoms with E-state index in [0.717, 1.165) is 39.6 Å². The minimum absolute atomic E-state index is 0.135. The molecule has 0 aliphatic rings. The minimum Gasteiger partial charge on any atom is -0.467 e. The number of hydrogen-bond donors (Lipinski definition) is 0. The van der Waals surface area contributed by atoms with Crippen molar-refractivity contribution >= 4 is 10.1 Å². The van der Waals surface area contributed by atoms with Crippen LogP contribution < -0.4 is 8.92 Å². The first-order valence-corrected chi connectivity index (χ1v) is 11.9. The summed E-state index contributed by atoms with van der Waals surface area (Å²) in [5.74, 6) is 0.754. The third kappa shape index (κ3) is 6.55. The van der Waals surface area contributed by atoms with Crippen LogP contribution in [0.3, 0.4) is 0 Å². The van der Waals surface area contributed by atoms with E-state index in [1.165, 1.54) is 12.1 Å². The molecule has 0 radical (unpaired) electrons. The van der Waals surface area contributed by atoms with Crippen LogP contribution in [0.2, 0.25) is 0 Å². The number of benzene rings is 3. The highest BCUT2D eigenvalue weighted by molar-refractivity contribution is 7.86. The van der Waals surface area contributed by atoms with Gasteiger partial charge in [-0.05, 0) is 84.0 Å². The van der Waals surface area contributed by atoms with Gasteiger partial charge in [-0.2, -0.15) is 8.42 Å². The zero-order valence-corrected chi connectivity index (χ0v) is 19.5. The van der Waals surface area contributed by atoms with Crippen molar-refractivity contribution in [1.82, 2.24) is 0 Å². The van der Waals surface area contributed by atoms with Gasteiger partial charge in [0.15, 0.2) is 6.79 Å². The van der Waals surface area contributed by atoms with E-state index in [1.54, 1.807) is 31.4 Å². The average molecular weight is 459 g/mol. The van der Waals surface area contributed by atoms with E-state index in [9.17, 15) is 12.8 Å². The Balaban J connectivity index is 1.90. The Hall–Kier alpha value is -2.90. The van der Waals surface area contributed by atoms with Crippen molar-refractivity contribution in [2.45, 2.75) is 26.7 Å². The molecule has 0 atom stereocenters. The van der Waals surface area contributed by atoms with Gasteiger partial charge < -0.3 is 13.7 Å². The first kappa shape index (κ1) is 23.8. The van der Waals surface area contributed by atoms with Gasteiger partial charge in [0.05, 0.1) is 6.26 Å². The van der Waals surface area contributed by atoms with Gasteiger partial charge in [0.25, 0.3) is 0 Å².